The standard InChI is InChI=1S/C18H17FN2O2S/c1-13-5-10-17(16-4-3-11-20-18(13)16)24(22,23)21(2)12-14-6-8-15(19)9-7-14/h3-11H,12H2,1-2H3. The number of aryl methyl sites for hydroxylation is 1. The van der Waals surface area contributed by atoms with E-state index in [-0.39, 0.29) is 17.3 Å². The molecule has 3 aromatic rings. The van der Waals surface area contributed by atoms with Crippen LogP contribution in [0.3, 0.4) is 0 Å². The molecule has 124 valence electrons. The number of benzene rings is 2. The molecule has 0 amide bonds. The summed E-state index contributed by atoms with van der Waals surface area (Å²) in [4.78, 5) is 4.51. The molecule has 3 rings (SSSR count). The first-order valence-electron chi connectivity index (χ1n) is 7.45. The number of halogens is 1. The van der Waals surface area contributed by atoms with Crippen LogP contribution in [0.4, 0.5) is 4.39 Å². The average molecular weight is 344 g/mol. The third kappa shape index (κ3) is 3.02. The molecule has 0 radical (unpaired) electrons. The van der Waals surface area contributed by atoms with Crippen molar-refractivity contribution in [2.75, 3.05) is 7.05 Å². The van der Waals surface area contributed by atoms with Gasteiger partial charge in [0, 0.05) is 25.2 Å². The molecule has 0 fully saturated rings. The summed E-state index contributed by atoms with van der Waals surface area (Å²) in [6.45, 7) is 2.06. The number of hydrogen-bond donors (Lipinski definition) is 0. The smallest absolute Gasteiger partial charge is 0.243 e. The van der Waals surface area contributed by atoms with Gasteiger partial charge in [0.1, 0.15) is 5.82 Å². The van der Waals surface area contributed by atoms with Gasteiger partial charge in [-0.1, -0.05) is 18.2 Å². The second-order valence-corrected chi connectivity index (χ2v) is 7.68. The van der Waals surface area contributed by atoms with Crippen LogP contribution in [-0.4, -0.2) is 24.8 Å². The van der Waals surface area contributed by atoms with E-state index >= 15 is 0 Å². The molecule has 0 aliphatic heterocycles. The summed E-state index contributed by atoms with van der Waals surface area (Å²) in [6.07, 6.45) is 1.65. The summed E-state index contributed by atoms with van der Waals surface area (Å²) in [7, 11) is -2.18. The first-order valence-corrected chi connectivity index (χ1v) is 8.89. The van der Waals surface area contributed by atoms with Crippen molar-refractivity contribution in [1.29, 1.82) is 0 Å². The Bertz CT molecular complexity index is 986. The summed E-state index contributed by atoms with van der Waals surface area (Å²) in [5.41, 5.74) is 2.32. The molecule has 0 aliphatic rings. The van der Waals surface area contributed by atoms with Gasteiger partial charge in [-0.05, 0) is 48.4 Å². The number of nitrogens with zero attached hydrogens (tertiary/aromatic N) is 2. The quantitative estimate of drug-likeness (QED) is 0.728. The monoisotopic (exact) mass is 344 g/mol. The highest BCUT2D eigenvalue weighted by Crippen LogP contribution is 2.27. The van der Waals surface area contributed by atoms with Crippen LogP contribution in [0.2, 0.25) is 0 Å². The van der Waals surface area contributed by atoms with Crippen molar-refractivity contribution in [3.63, 3.8) is 0 Å². The van der Waals surface area contributed by atoms with E-state index in [9.17, 15) is 12.8 Å². The van der Waals surface area contributed by atoms with E-state index in [1.54, 1.807) is 42.6 Å². The van der Waals surface area contributed by atoms with Crippen LogP contribution < -0.4 is 0 Å². The summed E-state index contributed by atoms with van der Waals surface area (Å²) < 4.78 is 40.2. The second kappa shape index (κ2) is 6.30. The third-order valence-electron chi connectivity index (χ3n) is 3.94. The van der Waals surface area contributed by atoms with Gasteiger partial charge in [-0.3, -0.25) is 4.98 Å². The summed E-state index contributed by atoms with van der Waals surface area (Å²) in [5, 5.41) is 0.600. The van der Waals surface area contributed by atoms with Crippen LogP contribution in [0.25, 0.3) is 10.9 Å². The molecule has 0 unspecified atom stereocenters. The lowest BCUT2D eigenvalue weighted by molar-refractivity contribution is 0.467. The SMILES string of the molecule is Cc1ccc(S(=O)(=O)N(C)Cc2ccc(F)cc2)c2cccnc12. The number of pyridine rings is 1. The Morgan fingerprint density at radius 3 is 2.50 bits per heavy atom. The zero-order chi connectivity index (χ0) is 17.3. The Balaban J connectivity index is 2.01. The molecule has 2 aromatic carbocycles. The van der Waals surface area contributed by atoms with Crippen LogP contribution in [0, 0.1) is 12.7 Å². The fraction of sp³-hybridized carbons (Fsp3) is 0.167. The van der Waals surface area contributed by atoms with Crippen LogP contribution in [0.1, 0.15) is 11.1 Å². The predicted octanol–water partition coefficient (Wildman–Crippen LogP) is 3.50. The lowest BCUT2D eigenvalue weighted by Crippen LogP contribution is -2.26. The highest BCUT2D eigenvalue weighted by Gasteiger charge is 2.23. The molecule has 24 heavy (non-hydrogen) atoms. The Hall–Kier alpha value is -2.31. The van der Waals surface area contributed by atoms with E-state index < -0.39 is 10.0 Å². The lowest BCUT2D eigenvalue weighted by atomic mass is 10.1. The van der Waals surface area contributed by atoms with E-state index in [1.807, 2.05) is 6.92 Å². The highest BCUT2D eigenvalue weighted by atomic mass is 32.2. The minimum atomic E-state index is -3.69. The van der Waals surface area contributed by atoms with Crippen molar-refractivity contribution in [3.05, 3.63) is 71.7 Å². The minimum Gasteiger partial charge on any atom is -0.256 e. The van der Waals surface area contributed by atoms with Gasteiger partial charge in [-0.2, -0.15) is 4.31 Å². The van der Waals surface area contributed by atoms with Gasteiger partial charge in [0.05, 0.1) is 10.4 Å². The van der Waals surface area contributed by atoms with Crippen LogP contribution >= 0.6 is 0 Å². The molecule has 4 nitrogen and oxygen atoms in total. The maximum Gasteiger partial charge on any atom is 0.243 e. The largest absolute Gasteiger partial charge is 0.256 e. The average Bonchev–Trinajstić information content (AvgIpc) is 2.57. The molecule has 6 heteroatoms. The van der Waals surface area contributed by atoms with Gasteiger partial charge in [0.2, 0.25) is 10.0 Å². The van der Waals surface area contributed by atoms with Crippen molar-refractivity contribution in [2.24, 2.45) is 0 Å². The fourth-order valence-corrected chi connectivity index (χ4v) is 3.95. The summed E-state index contributed by atoms with van der Waals surface area (Å²) in [5.74, 6) is -0.347. The Morgan fingerprint density at radius 1 is 1.08 bits per heavy atom. The van der Waals surface area contributed by atoms with Crippen LogP contribution in [0.5, 0.6) is 0 Å². The maximum atomic E-state index is 13.0. The predicted molar refractivity (Wildman–Crippen MR) is 91.5 cm³/mol. The Labute approximate surface area is 140 Å². The number of fused-ring (bicyclic) bond motifs is 1. The van der Waals surface area contributed by atoms with Crippen molar-refractivity contribution < 1.29 is 12.8 Å². The van der Waals surface area contributed by atoms with Crippen molar-refractivity contribution in [1.82, 2.24) is 9.29 Å². The van der Waals surface area contributed by atoms with Crippen LogP contribution in [-0.2, 0) is 16.6 Å². The molecule has 0 aliphatic carbocycles. The van der Waals surface area contributed by atoms with Crippen LogP contribution in [0.15, 0.2) is 59.6 Å². The zero-order valence-electron chi connectivity index (χ0n) is 13.4. The van der Waals surface area contributed by atoms with Gasteiger partial charge in [0.15, 0.2) is 0 Å². The molecule has 1 heterocycles. The van der Waals surface area contributed by atoms with E-state index in [0.29, 0.717) is 10.9 Å². The van der Waals surface area contributed by atoms with Gasteiger partial charge in [-0.15, -0.1) is 0 Å². The molecule has 0 atom stereocenters. The van der Waals surface area contributed by atoms with E-state index in [1.165, 1.54) is 23.5 Å². The zero-order valence-corrected chi connectivity index (χ0v) is 14.2. The molecule has 0 spiro atoms. The summed E-state index contributed by atoms with van der Waals surface area (Å²) in [6, 6.07) is 12.6. The van der Waals surface area contributed by atoms with E-state index in [0.717, 1.165) is 11.1 Å². The molecule has 1 aromatic heterocycles. The minimum absolute atomic E-state index is 0.165. The van der Waals surface area contributed by atoms with Crippen molar-refractivity contribution in [2.45, 2.75) is 18.4 Å². The maximum absolute atomic E-state index is 13.0. The molecular formula is C18H17FN2O2S. The molecule has 0 N–H and O–H groups in total. The fourth-order valence-electron chi connectivity index (χ4n) is 2.61. The Kier molecular flexibility index (Phi) is 4.34. The van der Waals surface area contributed by atoms with E-state index in [2.05, 4.69) is 4.98 Å². The number of aromatic nitrogens is 1. The first-order chi connectivity index (χ1) is 11.4. The lowest BCUT2D eigenvalue weighted by Gasteiger charge is -2.19. The second-order valence-electron chi connectivity index (χ2n) is 5.67. The summed E-state index contributed by atoms with van der Waals surface area (Å²) >= 11 is 0. The number of sulfonamides is 1. The number of rotatable bonds is 4. The molecular weight excluding hydrogens is 327 g/mol. The first kappa shape index (κ1) is 16.5. The number of hydrogen-bond acceptors (Lipinski definition) is 3. The van der Waals surface area contributed by atoms with Gasteiger partial charge < -0.3 is 0 Å². The van der Waals surface area contributed by atoms with Gasteiger partial charge in [0.25, 0.3) is 0 Å². The van der Waals surface area contributed by atoms with Gasteiger partial charge in [-0.25, -0.2) is 12.8 Å². The third-order valence-corrected chi connectivity index (χ3v) is 5.80. The molecule has 0 saturated heterocycles. The van der Waals surface area contributed by atoms with E-state index in [4.69, 9.17) is 0 Å². The Morgan fingerprint density at radius 2 is 1.79 bits per heavy atom. The topological polar surface area (TPSA) is 50.3 Å². The normalized spacial score (nSPS) is 12.0. The van der Waals surface area contributed by atoms with Crippen molar-refractivity contribution in [3.8, 4) is 0 Å². The van der Waals surface area contributed by atoms with Crippen molar-refractivity contribution >= 4 is 20.9 Å². The highest BCUT2D eigenvalue weighted by molar-refractivity contribution is 7.89. The molecule has 0 saturated carbocycles. The molecule has 0 bridgehead atoms. The van der Waals surface area contributed by atoms with Gasteiger partial charge >= 0.3 is 0 Å².